The number of hydrogen-bond acceptors (Lipinski definition) is 5. The van der Waals surface area contributed by atoms with Gasteiger partial charge in [0.25, 0.3) is 0 Å². The van der Waals surface area contributed by atoms with Gasteiger partial charge in [0.05, 0.1) is 11.2 Å². The average molecular weight is 549 g/mol. The molecule has 2 saturated carbocycles. The highest BCUT2D eigenvalue weighted by molar-refractivity contribution is 6.31. The van der Waals surface area contributed by atoms with Crippen LogP contribution in [0.1, 0.15) is 89.2 Å². The summed E-state index contributed by atoms with van der Waals surface area (Å²) in [5.74, 6) is 0.354. The number of hydrogen-bond donors (Lipinski definition) is 2. The van der Waals surface area contributed by atoms with Crippen LogP contribution in [0.3, 0.4) is 0 Å². The van der Waals surface area contributed by atoms with E-state index < -0.39 is 0 Å². The van der Waals surface area contributed by atoms with Crippen molar-refractivity contribution in [2.45, 2.75) is 103 Å². The maximum atomic E-state index is 11.6. The molecular formula is C33H45ClN4O. The number of pyridine rings is 1. The molecule has 0 saturated heterocycles. The van der Waals surface area contributed by atoms with E-state index >= 15 is 0 Å². The van der Waals surface area contributed by atoms with Crippen LogP contribution in [0.25, 0.3) is 10.9 Å². The topological polar surface area (TPSA) is 51.6 Å². The SMILES string of the molecule is CCN(Cc1cc(CN(CC)C2CCCCC2)c(O)c(Nc2ccnc3cc(Cl)ccc23)c1)C1CCCCC1. The van der Waals surface area contributed by atoms with Crippen molar-refractivity contribution in [1.82, 2.24) is 14.8 Å². The predicted molar refractivity (Wildman–Crippen MR) is 164 cm³/mol. The minimum absolute atomic E-state index is 0.354. The summed E-state index contributed by atoms with van der Waals surface area (Å²) in [5.41, 5.74) is 4.81. The van der Waals surface area contributed by atoms with Crippen LogP contribution in [0.2, 0.25) is 5.02 Å². The molecular weight excluding hydrogens is 504 g/mol. The minimum Gasteiger partial charge on any atom is -0.505 e. The molecule has 0 amide bonds. The molecule has 2 N–H and O–H groups in total. The third kappa shape index (κ3) is 6.87. The molecule has 0 spiro atoms. The van der Waals surface area contributed by atoms with Crippen molar-refractivity contribution in [2.24, 2.45) is 0 Å². The monoisotopic (exact) mass is 548 g/mol. The molecule has 5 nitrogen and oxygen atoms in total. The van der Waals surface area contributed by atoms with Crippen LogP contribution < -0.4 is 5.32 Å². The fraction of sp³-hybridized carbons (Fsp3) is 0.545. The number of anilines is 2. The molecule has 0 radical (unpaired) electrons. The van der Waals surface area contributed by atoms with Crippen LogP contribution in [0.15, 0.2) is 42.6 Å². The molecule has 0 atom stereocenters. The van der Waals surface area contributed by atoms with Crippen LogP contribution in [0.4, 0.5) is 11.4 Å². The Morgan fingerprint density at radius 3 is 2.10 bits per heavy atom. The third-order valence-corrected chi connectivity index (χ3v) is 9.21. The van der Waals surface area contributed by atoms with Crippen molar-refractivity contribution in [3.8, 4) is 5.75 Å². The largest absolute Gasteiger partial charge is 0.505 e. The van der Waals surface area contributed by atoms with Gasteiger partial charge in [-0.05, 0) is 80.7 Å². The second-order valence-electron chi connectivity index (χ2n) is 11.5. The lowest BCUT2D eigenvalue weighted by molar-refractivity contribution is 0.152. The molecule has 0 aliphatic heterocycles. The Kier molecular flexibility index (Phi) is 9.65. The van der Waals surface area contributed by atoms with E-state index in [4.69, 9.17) is 11.6 Å². The first-order valence-electron chi connectivity index (χ1n) is 15.2. The zero-order chi connectivity index (χ0) is 27.2. The lowest BCUT2D eigenvalue weighted by atomic mass is 9.93. The summed E-state index contributed by atoms with van der Waals surface area (Å²) in [7, 11) is 0. The number of nitrogens with one attached hydrogen (secondary N) is 1. The van der Waals surface area contributed by atoms with Crippen LogP contribution in [-0.2, 0) is 13.1 Å². The van der Waals surface area contributed by atoms with Gasteiger partial charge in [0.2, 0.25) is 0 Å². The molecule has 39 heavy (non-hydrogen) atoms. The van der Waals surface area contributed by atoms with E-state index in [1.54, 1.807) is 6.20 Å². The van der Waals surface area contributed by atoms with Gasteiger partial charge in [-0.1, -0.05) is 64.0 Å². The van der Waals surface area contributed by atoms with Gasteiger partial charge in [0.1, 0.15) is 5.75 Å². The smallest absolute Gasteiger partial charge is 0.143 e. The van der Waals surface area contributed by atoms with E-state index in [2.05, 4.69) is 46.1 Å². The number of aromatic hydroxyl groups is 1. The zero-order valence-electron chi connectivity index (χ0n) is 23.8. The van der Waals surface area contributed by atoms with Gasteiger partial charge < -0.3 is 10.4 Å². The summed E-state index contributed by atoms with van der Waals surface area (Å²) >= 11 is 6.24. The molecule has 2 aliphatic rings. The zero-order valence-corrected chi connectivity index (χ0v) is 24.5. The molecule has 2 fully saturated rings. The van der Waals surface area contributed by atoms with E-state index in [0.29, 0.717) is 22.9 Å². The molecule has 0 unspecified atom stereocenters. The standard InChI is InChI=1S/C33H45ClN4O/c1-3-37(27-11-7-5-8-12-27)22-24-19-25(23-38(4-2)28-13-9-6-10-14-28)33(39)32(20-24)36-30-17-18-35-31-21-26(34)15-16-29(30)31/h15-21,27-28,39H,3-14,22-23H2,1-2H3,(H,35,36). The highest BCUT2D eigenvalue weighted by Crippen LogP contribution is 2.37. The highest BCUT2D eigenvalue weighted by Gasteiger charge is 2.24. The number of nitrogens with zero attached hydrogens (tertiary/aromatic N) is 3. The normalized spacial score (nSPS) is 17.4. The first-order chi connectivity index (χ1) is 19.1. The fourth-order valence-electron chi connectivity index (χ4n) is 6.79. The van der Waals surface area contributed by atoms with Crippen molar-refractivity contribution in [3.05, 3.63) is 58.7 Å². The third-order valence-electron chi connectivity index (χ3n) is 8.98. The van der Waals surface area contributed by atoms with Crippen molar-refractivity contribution in [3.63, 3.8) is 0 Å². The highest BCUT2D eigenvalue weighted by atomic mass is 35.5. The number of fused-ring (bicyclic) bond motifs is 1. The Morgan fingerprint density at radius 1 is 0.821 bits per heavy atom. The first kappa shape index (κ1) is 28.2. The average Bonchev–Trinajstić information content (AvgIpc) is 2.97. The molecule has 210 valence electrons. The van der Waals surface area contributed by atoms with Gasteiger partial charge in [-0.15, -0.1) is 0 Å². The van der Waals surface area contributed by atoms with E-state index in [0.717, 1.165) is 54.0 Å². The van der Waals surface area contributed by atoms with Crippen molar-refractivity contribution >= 4 is 33.9 Å². The minimum atomic E-state index is 0.354. The quantitative estimate of drug-likeness (QED) is 0.248. The van der Waals surface area contributed by atoms with Crippen LogP contribution >= 0.6 is 11.6 Å². The van der Waals surface area contributed by atoms with Gasteiger partial charge in [0.15, 0.2) is 0 Å². The Bertz CT molecular complexity index is 1240. The lowest BCUT2D eigenvalue weighted by Crippen LogP contribution is -2.36. The number of phenolic OH excluding ortho intramolecular Hbond substituents is 1. The van der Waals surface area contributed by atoms with Crippen LogP contribution in [0, 0.1) is 0 Å². The first-order valence-corrected chi connectivity index (χ1v) is 15.6. The maximum absolute atomic E-state index is 11.6. The van der Waals surface area contributed by atoms with E-state index in [1.165, 1.54) is 69.8 Å². The van der Waals surface area contributed by atoms with Gasteiger partial charge in [-0.3, -0.25) is 14.8 Å². The van der Waals surface area contributed by atoms with Gasteiger partial charge in [-0.2, -0.15) is 0 Å². The Hall–Kier alpha value is -2.34. The Labute approximate surface area is 239 Å². The Morgan fingerprint density at radius 2 is 1.46 bits per heavy atom. The number of aromatic nitrogens is 1. The fourth-order valence-corrected chi connectivity index (χ4v) is 6.95. The molecule has 1 heterocycles. The molecule has 6 heteroatoms. The number of phenols is 1. The summed E-state index contributed by atoms with van der Waals surface area (Å²) in [5, 5.41) is 16.9. The van der Waals surface area contributed by atoms with Gasteiger partial charge in [-0.25, -0.2) is 0 Å². The summed E-state index contributed by atoms with van der Waals surface area (Å²) < 4.78 is 0. The second kappa shape index (κ2) is 13.3. The Balaban J connectivity index is 1.49. The molecule has 2 aliphatic carbocycles. The summed E-state index contributed by atoms with van der Waals surface area (Å²) in [6.45, 7) is 8.26. The lowest BCUT2D eigenvalue weighted by Gasteiger charge is -2.35. The summed E-state index contributed by atoms with van der Waals surface area (Å²) in [6.07, 6.45) is 14.9. The van der Waals surface area contributed by atoms with Crippen molar-refractivity contribution in [2.75, 3.05) is 18.4 Å². The predicted octanol–water partition coefficient (Wildman–Crippen LogP) is 8.65. The number of halogens is 1. The maximum Gasteiger partial charge on any atom is 0.143 e. The van der Waals surface area contributed by atoms with Gasteiger partial charge >= 0.3 is 0 Å². The second-order valence-corrected chi connectivity index (χ2v) is 11.9. The summed E-state index contributed by atoms with van der Waals surface area (Å²) in [4.78, 5) is 9.72. The molecule has 2 aromatic carbocycles. The van der Waals surface area contributed by atoms with E-state index in [-0.39, 0.29) is 0 Å². The van der Waals surface area contributed by atoms with Crippen LogP contribution in [0.5, 0.6) is 5.75 Å². The molecule has 5 rings (SSSR count). The van der Waals surface area contributed by atoms with E-state index in [9.17, 15) is 5.11 Å². The van der Waals surface area contributed by atoms with E-state index in [1.807, 2.05) is 24.3 Å². The number of rotatable bonds is 10. The molecule has 0 bridgehead atoms. The van der Waals surface area contributed by atoms with Crippen molar-refractivity contribution in [1.29, 1.82) is 0 Å². The number of benzene rings is 2. The van der Waals surface area contributed by atoms with Crippen molar-refractivity contribution < 1.29 is 5.11 Å². The van der Waals surface area contributed by atoms with Crippen LogP contribution in [-0.4, -0.2) is 45.1 Å². The molecule has 1 aromatic heterocycles. The molecule has 3 aromatic rings. The van der Waals surface area contributed by atoms with Gasteiger partial charge in [0, 0.05) is 53.0 Å². The summed E-state index contributed by atoms with van der Waals surface area (Å²) in [6, 6.07) is 13.4.